The molecule has 0 amide bonds. The van der Waals surface area contributed by atoms with E-state index < -0.39 is 0 Å². The lowest BCUT2D eigenvalue weighted by atomic mass is 9.69. The van der Waals surface area contributed by atoms with Gasteiger partial charge in [-0.3, -0.25) is 0 Å². The quantitative estimate of drug-likeness (QED) is 0.606. The van der Waals surface area contributed by atoms with Gasteiger partial charge in [-0.2, -0.15) is 0 Å². The van der Waals surface area contributed by atoms with E-state index in [1.54, 1.807) is 0 Å². The second-order valence-electron chi connectivity index (χ2n) is 4.39. The average molecular weight is 182 g/mol. The molecule has 0 heterocycles. The fraction of sp³-hybridized carbons (Fsp3) is 0.833. The molecule has 1 fully saturated rings. The van der Waals surface area contributed by atoms with Crippen LogP contribution >= 0.6 is 0 Å². The van der Waals surface area contributed by atoms with E-state index in [4.69, 9.17) is 4.74 Å². The molecule has 1 aliphatic rings. The van der Waals surface area contributed by atoms with Crippen molar-refractivity contribution in [3.8, 4) is 0 Å². The topological polar surface area (TPSA) is 9.23 Å². The molecule has 1 rings (SSSR count). The molecule has 0 aromatic heterocycles. The Morgan fingerprint density at radius 3 is 2.77 bits per heavy atom. The number of hydrogen-bond donors (Lipinski definition) is 0. The van der Waals surface area contributed by atoms with E-state index in [1.807, 2.05) is 0 Å². The van der Waals surface area contributed by atoms with Crippen LogP contribution in [-0.2, 0) is 4.74 Å². The summed E-state index contributed by atoms with van der Waals surface area (Å²) in [6.07, 6.45) is 5.49. The van der Waals surface area contributed by atoms with E-state index in [2.05, 4.69) is 27.4 Å². The molecule has 0 N–H and O–H groups in total. The third-order valence-electron chi connectivity index (χ3n) is 3.47. The lowest BCUT2D eigenvalue weighted by Crippen LogP contribution is -2.38. The maximum absolute atomic E-state index is 5.80. The lowest BCUT2D eigenvalue weighted by molar-refractivity contribution is -0.0362. The van der Waals surface area contributed by atoms with E-state index in [0.29, 0.717) is 6.10 Å². The van der Waals surface area contributed by atoms with Gasteiger partial charge in [0.25, 0.3) is 0 Å². The van der Waals surface area contributed by atoms with Crippen molar-refractivity contribution in [2.75, 3.05) is 6.61 Å². The molecule has 0 aliphatic heterocycles. The molecule has 76 valence electrons. The zero-order chi connectivity index (χ0) is 9.90. The van der Waals surface area contributed by atoms with Crippen LogP contribution in [0.15, 0.2) is 12.2 Å². The first kappa shape index (κ1) is 10.8. The Morgan fingerprint density at radius 2 is 2.23 bits per heavy atom. The van der Waals surface area contributed by atoms with Crippen molar-refractivity contribution in [1.82, 2.24) is 0 Å². The number of ether oxygens (including phenoxy) is 1. The number of rotatable bonds is 3. The monoisotopic (exact) mass is 182 g/mol. The average Bonchev–Trinajstić information content (AvgIpc) is 2.09. The van der Waals surface area contributed by atoms with Gasteiger partial charge in [0.1, 0.15) is 0 Å². The largest absolute Gasteiger partial charge is 0.378 e. The first-order valence-corrected chi connectivity index (χ1v) is 5.39. The highest BCUT2D eigenvalue weighted by atomic mass is 16.5. The summed E-state index contributed by atoms with van der Waals surface area (Å²) in [6, 6.07) is 0. The standard InChI is InChI=1S/C12H22O/c1-5-13-11-8-6-7-9-12(11,4)10(2)3/h11H,2,5-9H2,1,3-4H3. The summed E-state index contributed by atoms with van der Waals surface area (Å²) in [5, 5.41) is 0. The zero-order valence-corrected chi connectivity index (χ0v) is 9.23. The first-order chi connectivity index (χ1) is 6.11. The van der Waals surface area contributed by atoms with Gasteiger partial charge in [0, 0.05) is 12.0 Å². The van der Waals surface area contributed by atoms with Crippen molar-refractivity contribution in [3.05, 3.63) is 12.2 Å². The molecule has 0 saturated heterocycles. The van der Waals surface area contributed by atoms with Gasteiger partial charge < -0.3 is 4.74 Å². The molecule has 1 aliphatic carbocycles. The highest BCUT2D eigenvalue weighted by Gasteiger charge is 2.37. The molecular formula is C12H22O. The van der Waals surface area contributed by atoms with Crippen molar-refractivity contribution >= 4 is 0 Å². The van der Waals surface area contributed by atoms with Crippen LogP contribution in [0.2, 0.25) is 0 Å². The fourth-order valence-corrected chi connectivity index (χ4v) is 2.26. The molecular weight excluding hydrogens is 160 g/mol. The van der Waals surface area contributed by atoms with Gasteiger partial charge in [-0.1, -0.05) is 31.9 Å². The van der Waals surface area contributed by atoms with Crippen LogP contribution in [0.4, 0.5) is 0 Å². The molecule has 2 unspecified atom stereocenters. The van der Waals surface area contributed by atoms with Crippen molar-refractivity contribution in [2.24, 2.45) is 5.41 Å². The maximum atomic E-state index is 5.80. The Morgan fingerprint density at radius 1 is 1.54 bits per heavy atom. The van der Waals surface area contributed by atoms with Crippen LogP contribution in [0.1, 0.15) is 46.5 Å². The summed E-state index contributed by atoms with van der Waals surface area (Å²) in [5.41, 5.74) is 1.51. The molecule has 0 aromatic rings. The highest BCUT2D eigenvalue weighted by Crippen LogP contribution is 2.42. The van der Waals surface area contributed by atoms with E-state index in [0.717, 1.165) is 6.61 Å². The van der Waals surface area contributed by atoms with Gasteiger partial charge in [0.15, 0.2) is 0 Å². The van der Waals surface area contributed by atoms with E-state index >= 15 is 0 Å². The van der Waals surface area contributed by atoms with Gasteiger partial charge >= 0.3 is 0 Å². The molecule has 1 heteroatoms. The minimum atomic E-state index is 0.230. The third kappa shape index (κ3) is 2.14. The van der Waals surface area contributed by atoms with Crippen LogP contribution in [0.5, 0.6) is 0 Å². The van der Waals surface area contributed by atoms with Gasteiger partial charge in [-0.05, 0) is 26.7 Å². The summed E-state index contributed by atoms with van der Waals surface area (Å²) in [6.45, 7) is 11.4. The molecule has 0 bridgehead atoms. The molecule has 0 aromatic carbocycles. The Hall–Kier alpha value is -0.300. The van der Waals surface area contributed by atoms with Crippen LogP contribution in [-0.4, -0.2) is 12.7 Å². The Bertz CT molecular complexity index is 184. The summed E-state index contributed by atoms with van der Waals surface area (Å²) in [4.78, 5) is 0. The van der Waals surface area contributed by atoms with Gasteiger partial charge in [0.2, 0.25) is 0 Å². The Labute approximate surface area is 82.2 Å². The van der Waals surface area contributed by atoms with Crippen LogP contribution < -0.4 is 0 Å². The SMILES string of the molecule is C=C(C)C1(C)CCCCC1OCC. The molecule has 0 spiro atoms. The van der Waals surface area contributed by atoms with Gasteiger partial charge in [-0.25, -0.2) is 0 Å². The predicted octanol–water partition coefficient (Wildman–Crippen LogP) is 3.55. The van der Waals surface area contributed by atoms with Crippen molar-refractivity contribution in [1.29, 1.82) is 0 Å². The van der Waals surface area contributed by atoms with Gasteiger partial charge in [0.05, 0.1) is 6.10 Å². The predicted molar refractivity (Wildman–Crippen MR) is 56.8 cm³/mol. The molecule has 2 atom stereocenters. The van der Waals surface area contributed by atoms with Crippen molar-refractivity contribution in [2.45, 2.75) is 52.6 Å². The van der Waals surface area contributed by atoms with E-state index in [1.165, 1.54) is 31.3 Å². The van der Waals surface area contributed by atoms with Crippen molar-refractivity contribution < 1.29 is 4.74 Å². The third-order valence-corrected chi connectivity index (χ3v) is 3.47. The molecule has 1 nitrogen and oxygen atoms in total. The minimum absolute atomic E-state index is 0.230. The minimum Gasteiger partial charge on any atom is -0.378 e. The Balaban J connectivity index is 2.71. The lowest BCUT2D eigenvalue weighted by Gasteiger charge is -2.41. The molecule has 1 saturated carbocycles. The second-order valence-corrected chi connectivity index (χ2v) is 4.39. The molecule has 0 radical (unpaired) electrons. The van der Waals surface area contributed by atoms with Crippen LogP contribution in [0, 0.1) is 5.41 Å². The van der Waals surface area contributed by atoms with Crippen molar-refractivity contribution in [3.63, 3.8) is 0 Å². The van der Waals surface area contributed by atoms with E-state index in [-0.39, 0.29) is 5.41 Å². The Kier molecular flexibility index (Phi) is 3.55. The van der Waals surface area contributed by atoms with E-state index in [9.17, 15) is 0 Å². The van der Waals surface area contributed by atoms with Crippen LogP contribution in [0.25, 0.3) is 0 Å². The zero-order valence-electron chi connectivity index (χ0n) is 9.23. The molecule has 13 heavy (non-hydrogen) atoms. The summed E-state index contributed by atoms with van der Waals surface area (Å²) in [5.74, 6) is 0. The highest BCUT2D eigenvalue weighted by molar-refractivity contribution is 5.10. The normalized spacial score (nSPS) is 34.5. The summed E-state index contributed by atoms with van der Waals surface area (Å²) in [7, 11) is 0. The maximum Gasteiger partial charge on any atom is 0.0665 e. The smallest absolute Gasteiger partial charge is 0.0665 e. The van der Waals surface area contributed by atoms with Crippen LogP contribution in [0.3, 0.4) is 0 Å². The van der Waals surface area contributed by atoms with Gasteiger partial charge in [-0.15, -0.1) is 0 Å². The summed E-state index contributed by atoms with van der Waals surface area (Å²) >= 11 is 0. The summed E-state index contributed by atoms with van der Waals surface area (Å²) < 4.78 is 5.80. The second kappa shape index (κ2) is 4.28. The number of hydrogen-bond acceptors (Lipinski definition) is 1. The fourth-order valence-electron chi connectivity index (χ4n) is 2.26. The first-order valence-electron chi connectivity index (χ1n) is 5.39.